The van der Waals surface area contributed by atoms with Gasteiger partial charge in [0.2, 0.25) is 0 Å². The Kier molecular flexibility index (Phi) is 5.60. The molecule has 0 bridgehead atoms. The summed E-state index contributed by atoms with van der Waals surface area (Å²) in [5.41, 5.74) is 1.20. The lowest BCUT2D eigenvalue weighted by molar-refractivity contribution is -0.278. The summed E-state index contributed by atoms with van der Waals surface area (Å²) in [6.07, 6.45) is 3.66. The topological polar surface area (TPSA) is 49.8 Å². The highest BCUT2D eigenvalue weighted by atomic mass is 32.2. The summed E-state index contributed by atoms with van der Waals surface area (Å²) in [6, 6.07) is 11.5. The van der Waals surface area contributed by atoms with Gasteiger partial charge in [-0.3, -0.25) is 4.98 Å². The van der Waals surface area contributed by atoms with Crippen LogP contribution < -0.4 is 9.47 Å². The van der Waals surface area contributed by atoms with Crippen molar-refractivity contribution >= 4 is 11.8 Å². The number of thioether (sulfide) groups is 1. The summed E-state index contributed by atoms with van der Waals surface area (Å²) in [5, 5.41) is 0. The molecule has 2 atom stereocenters. The Bertz CT molecular complexity index is 654. The second kappa shape index (κ2) is 7.88. The van der Waals surface area contributed by atoms with Crippen molar-refractivity contribution in [2.45, 2.75) is 24.8 Å². The van der Waals surface area contributed by atoms with E-state index in [1.54, 1.807) is 32.0 Å². The zero-order valence-electron chi connectivity index (χ0n) is 13.8. The first-order valence-corrected chi connectivity index (χ1v) is 8.94. The van der Waals surface area contributed by atoms with Gasteiger partial charge in [0.25, 0.3) is 0 Å². The number of rotatable bonds is 7. The lowest BCUT2D eigenvalue weighted by atomic mass is 10.3. The van der Waals surface area contributed by atoms with Gasteiger partial charge in [-0.25, -0.2) is 0 Å². The summed E-state index contributed by atoms with van der Waals surface area (Å²) < 4.78 is 22.9. The standard InChI is InChI=1S/C18H21NO4S/c1-18(23-17-8-4-3-7-16(17)20-2)21-11-15(22-18)13-24-12-14-6-5-9-19-10-14/h3-10,15H,11-13H2,1-2H3. The van der Waals surface area contributed by atoms with Gasteiger partial charge in [-0.2, -0.15) is 11.8 Å². The average molecular weight is 347 g/mol. The van der Waals surface area contributed by atoms with Crippen LogP contribution in [0.4, 0.5) is 0 Å². The van der Waals surface area contributed by atoms with Gasteiger partial charge in [-0.15, -0.1) is 0 Å². The van der Waals surface area contributed by atoms with Crippen molar-refractivity contribution < 1.29 is 18.9 Å². The molecule has 6 heteroatoms. The maximum atomic E-state index is 5.95. The number of nitrogens with zero attached hydrogens (tertiary/aromatic N) is 1. The summed E-state index contributed by atoms with van der Waals surface area (Å²) in [7, 11) is 1.61. The molecule has 2 heterocycles. The lowest BCUT2D eigenvalue weighted by Gasteiger charge is -2.25. The molecule has 0 spiro atoms. The first-order valence-electron chi connectivity index (χ1n) is 7.79. The van der Waals surface area contributed by atoms with Crippen LogP contribution >= 0.6 is 11.8 Å². The van der Waals surface area contributed by atoms with Crippen LogP contribution in [-0.4, -0.2) is 36.5 Å². The monoisotopic (exact) mass is 347 g/mol. The third kappa shape index (κ3) is 4.41. The van der Waals surface area contributed by atoms with E-state index in [2.05, 4.69) is 11.1 Å². The third-order valence-electron chi connectivity index (χ3n) is 3.57. The van der Waals surface area contributed by atoms with Crippen LogP contribution in [0.25, 0.3) is 0 Å². The zero-order chi connectivity index (χ0) is 16.8. The fourth-order valence-corrected chi connectivity index (χ4v) is 3.40. The number of methoxy groups -OCH3 is 1. The number of aromatic nitrogens is 1. The van der Waals surface area contributed by atoms with Crippen LogP contribution in [0.2, 0.25) is 0 Å². The predicted octanol–water partition coefficient (Wildman–Crippen LogP) is 3.49. The number of hydrogen-bond donors (Lipinski definition) is 0. The van der Waals surface area contributed by atoms with Crippen LogP contribution in [0.3, 0.4) is 0 Å². The van der Waals surface area contributed by atoms with Crippen molar-refractivity contribution in [2.75, 3.05) is 19.5 Å². The molecule has 1 aromatic heterocycles. The average Bonchev–Trinajstić information content (AvgIpc) is 2.97. The Morgan fingerprint density at radius 3 is 2.83 bits per heavy atom. The zero-order valence-corrected chi connectivity index (χ0v) is 14.6. The smallest absolute Gasteiger partial charge is 0.324 e. The van der Waals surface area contributed by atoms with E-state index in [1.807, 2.05) is 36.5 Å². The third-order valence-corrected chi connectivity index (χ3v) is 4.72. The Hall–Kier alpha value is -1.76. The van der Waals surface area contributed by atoms with Gasteiger partial charge in [0.1, 0.15) is 0 Å². The maximum Gasteiger partial charge on any atom is 0.324 e. The Labute approximate surface area is 146 Å². The predicted molar refractivity (Wildman–Crippen MR) is 93.3 cm³/mol. The molecule has 0 saturated carbocycles. The highest BCUT2D eigenvalue weighted by Gasteiger charge is 2.40. The van der Waals surface area contributed by atoms with E-state index in [9.17, 15) is 0 Å². The van der Waals surface area contributed by atoms with Crippen molar-refractivity contribution in [1.82, 2.24) is 4.98 Å². The van der Waals surface area contributed by atoms with Crippen LogP contribution in [-0.2, 0) is 15.2 Å². The van der Waals surface area contributed by atoms with Crippen LogP contribution in [0.15, 0.2) is 48.8 Å². The number of hydrogen-bond acceptors (Lipinski definition) is 6. The van der Waals surface area contributed by atoms with E-state index in [1.165, 1.54) is 5.56 Å². The van der Waals surface area contributed by atoms with Gasteiger partial charge >= 0.3 is 5.97 Å². The molecule has 1 fully saturated rings. The fraction of sp³-hybridized carbons (Fsp3) is 0.389. The number of benzene rings is 1. The first-order chi connectivity index (χ1) is 11.7. The summed E-state index contributed by atoms with van der Waals surface area (Å²) >= 11 is 1.79. The first kappa shape index (κ1) is 17.1. The molecule has 2 unspecified atom stereocenters. The summed E-state index contributed by atoms with van der Waals surface area (Å²) in [4.78, 5) is 4.12. The van der Waals surface area contributed by atoms with Gasteiger partial charge in [-0.1, -0.05) is 18.2 Å². The minimum absolute atomic E-state index is 0.00798. The molecule has 0 amide bonds. The van der Waals surface area contributed by atoms with E-state index in [-0.39, 0.29) is 6.10 Å². The molecule has 1 aliphatic rings. The fourth-order valence-electron chi connectivity index (χ4n) is 2.45. The molecule has 1 aliphatic heterocycles. The van der Waals surface area contributed by atoms with Gasteiger partial charge in [0.05, 0.1) is 19.8 Å². The lowest BCUT2D eigenvalue weighted by Crippen LogP contribution is -2.34. The Balaban J connectivity index is 1.50. The van der Waals surface area contributed by atoms with E-state index < -0.39 is 5.97 Å². The van der Waals surface area contributed by atoms with E-state index in [4.69, 9.17) is 18.9 Å². The second-order valence-electron chi connectivity index (χ2n) is 5.54. The Morgan fingerprint density at radius 2 is 2.08 bits per heavy atom. The molecule has 1 saturated heterocycles. The van der Waals surface area contributed by atoms with Crippen LogP contribution in [0, 0.1) is 0 Å². The molecule has 2 aromatic rings. The maximum absolute atomic E-state index is 5.95. The summed E-state index contributed by atoms with van der Waals surface area (Å²) in [5.74, 6) is 1.90. The van der Waals surface area contributed by atoms with Gasteiger partial charge in [0, 0.05) is 30.8 Å². The number of para-hydroxylation sites is 2. The van der Waals surface area contributed by atoms with Crippen molar-refractivity contribution in [2.24, 2.45) is 0 Å². The quantitative estimate of drug-likeness (QED) is 0.764. The molecule has 0 N–H and O–H groups in total. The van der Waals surface area contributed by atoms with Gasteiger partial charge in [-0.05, 0) is 23.8 Å². The number of pyridine rings is 1. The largest absolute Gasteiger partial charge is 0.493 e. The molecule has 3 rings (SSSR count). The normalized spacial score (nSPS) is 23.2. The minimum atomic E-state index is -1.09. The van der Waals surface area contributed by atoms with Crippen LogP contribution in [0.1, 0.15) is 12.5 Å². The van der Waals surface area contributed by atoms with Crippen molar-refractivity contribution in [3.63, 3.8) is 0 Å². The molecular formula is C18H21NO4S. The molecule has 5 nitrogen and oxygen atoms in total. The van der Waals surface area contributed by atoms with Crippen molar-refractivity contribution in [3.8, 4) is 11.5 Å². The van der Waals surface area contributed by atoms with Crippen molar-refractivity contribution in [1.29, 1.82) is 0 Å². The molecule has 1 aromatic carbocycles. The SMILES string of the molecule is COc1ccccc1OC1(C)OCC(CSCc2cccnc2)O1. The molecule has 128 valence electrons. The summed E-state index contributed by atoms with van der Waals surface area (Å²) in [6.45, 7) is 2.29. The van der Waals surface area contributed by atoms with E-state index in [0.717, 1.165) is 11.5 Å². The van der Waals surface area contributed by atoms with Gasteiger partial charge in [0.15, 0.2) is 11.5 Å². The molecule has 24 heavy (non-hydrogen) atoms. The van der Waals surface area contributed by atoms with Crippen LogP contribution in [0.5, 0.6) is 11.5 Å². The molecule has 0 aliphatic carbocycles. The molecular weight excluding hydrogens is 326 g/mol. The second-order valence-corrected chi connectivity index (χ2v) is 6.57. The number of ether oxygens (including phenoxy) is 4. The van der Waals surface area contributed by atoms with E-state index >= 15 is 0 Å². The van der Waals surface area contributed by atoms with E-state index in [0.29, 0.717) is 18.1 Å². The highest BCUT2D eigenvalue weighted by Crippen LogP contribution is 2.34. The minimum Gasteiger partial charge on any atom is -0.493 e. The van der Waals surface area contributed by atoms with Crippen molar-refractivity contribution in [3.05, 3.63) is 54.4 Å². The highest BCUT2D eigenvalue weighted by molar-refractivity contribution is 7.98. The molecule has 0 radical (unpaired) electrons. The van der Waals surface area contributed by atoms with Gasteiger partial charge < -0.3 is 18.9 Å². The Morgan fingerprint density at radius 1 is 1.25 bits per heavy atom.